The molecule has 8 nitrogen and oxygen atoms in total. The van der Waals surface area contributed by atoms with Gasteiger partial charge in [0, 0.05) is 30.1 Å². The van der Waals surface area contributed by atoms with E-state index < -0.39 is 0 Å². The second-order valence-corrected chi connectivity index (χ2v) is 9.85. The SMILES string of the molecule is CC(C)c1cnn2c(NCc3ccccc3-n3cccn3)nc(-c3cccc(OC4CCCC4)c3)nc12. The molecule has 8 heteroatoms. The third-order valence-corrected chi connectivity index (χ3v) is 6.89. The number of hydrogen-bond donors (Lipinski definition) is 1. The molecule has 0 atom stereocenters. The fourth-order valence-corrected chi connectivity index (χ4v) is 4.92. The van der Waals surface area contributed by atoms with Crippen molar-refractivity contribution in [2.75, 3.05) is 5.32 Å². The zero-order valence-electron chi connectivity index (χ0n) is 21.2. The van der Waals surface area contributed by atoms with Crippen LogP contribution in [-0.4, -0.2) is 35.5 Å². The third kappa shape index (κ3) is 4.79. The monoisotopic (exact) mass is 493 g/mol. The van der Waals surface area contributed by atoms with Crippen LogP contribution in [0.4, 0.5) is 5.95 Å². The number of anilines is 1. The van der Waals surface area contributed by atoms with E-state index in [2.05, 4.69) is 41.5 Å². The highest BCUT2D eigenvalue weighted by molar-refractivity contribution is 5.64. The minimum Gasteiger partial charge on any atom is -0.490 e. The first-order valence-electron chi connectivity index (χ1n) is 13.0. The molecule has 0 radical (unpaired) electrons. The Bertz CT molecular complexity index is 1500. The predicted octanol–water partition coefficient (Wildman–Crippen LogP) is 6.03. The fourth-order valence-electron chi connectivity index (χ4n) is 4.92. The molecule has 2 aromatic carbocycles. The fraction of sp³-hybridized carbons (Fsp3) is 0.310. The molecule has 6 rings (SSSR count). The van der Waals surface area contributed by atoms with Crippen molar-refractivity contribution in [3.8, 4) is 22.8 Å². The highest BCUT2D eigenvalue weighted by atomic mass is 16.5. The second kappa shape index (κ2) is 10.0. The van der Waals surface area contributed by atoms with E-state index in [0.717, 1.165) is 46.6 Å². The molecular weight excluding hydrogens is 462 g/mol. The summed E-state index contributed by atoms with van der Waals surface area (Å²) < 4.78 is 9.93. The smallest absolute Gasteiger partial charge is 0.228 e. The summed E-state index contributed by atoms with van der Waals surface area (Å²) in [7, 11) is 0. The van der Waals surface area contributed by atoms with Crippen molar-refractivity contribution in [3.63, 3.8) is 0 Å². The van der Waals surface area contributed by atoms with Gasteiger partial charge in [-0.2, -0.15) is 19.7 Å². The lowest BCUT2D eigenvalue weighted by molar-refractivity contribution is 0.210. The summed E-state index contributed by atoms with van der Waals surface area (Å²) in [5.74, 6) is 2.44. The molecular formula is C29H31N7O. The molecule has 1 saturated carbocycles. The van der Waals surface area contributed by atoms with Crippen LogP contribution in [0.1, 0.15) is 56.6 Å². The van der Waals surface area contributed by atoms with Gasteiger partial charge in [-0.15, -0.1) is 0 Å². The van der Waals surface area contributed by atoms with Crippen molar-refractivity contribution in [1.82, 2.24) is 29.4 Å². The van der Waals surface area contributed by atoms with Crippen molar-refractivity contribution >= 4 is 11.6 Å². The minimum absolute atomic E-state index is 0.283. The van der Waals surface area contributed by atoms with Gasteiger partial charge in [-0.25, -0.2) is 9.67 Å². The molecule has 0 unspecified atom stereocenters. The summed E-state index contributed by atoms with van der Waals surface area (Å²) >= 11 is 0. The van der Waals surface area contributed by atoms with E-state index in [1.807, 2.05) is 59.5 Å². The quantitative estimate of drug-likeness (QED) is 0.284. The standard InChI is InChI=1S/C29H31N7O/c1-20(2)25-19-32-36-28(25)33-27(21-10-7-13-24(17-21)37-23-11-4-5-12-23)34-29(36)30-18-22-9-3-6-14-26(22)35-16-8-15-31-35/h3,6-10,13-17,19-20,23H,4-5,11-12,18H2,1-2H3,(H,30,33,34). The van der Waals surface area contributed by atoms with Crippen LogP contribution in [0.2, 0.25) is 0 Å². The van der Waals surface area contributed by atoms with E-state index in [0.29, 0.717) is 24.4 Å². The maximum absolute atomic E-state index is 6.26. The molecule has 1 N–H and O–H groups in total. The van der Waals surface area contributed by atoms with Crippen LogP contribution in [-0.2, 0) is 6.54 Å². The van der Waals surface area contributed by atoms with Gasteiger partial charge in [-0.05, 0) is 61.4 Å². The molecule has 188 valence electrons. The average molecular weight is 494 g/mol. The number of hydrogen-bond acceptors (Lipinski definition) is 6. The number of fused-ring (bicyclic) bond motifs is 1. The molecule has 0 aliphatic heterocycles. The van der Waals surface area contributed by atoms with Crippen molar-refractivity contribution in [2.24, 2.45) is 0 Å². The molecule has 37 heavy (non-hydrogen) atoms. The van der Waals surface area contributed by atoms with Crippen LogP contribution >= 0.6 is 0 Å². The lowest BCUT2D eigenvalue weighted by atomic mass is 10.1. The Kier molecular flexibility index (Phi) is 6.30. The van der Waals surface area contributed by atoms with E-state index in [1.165, 1.54) is 12.8 Å². The topological polar surface area (TPSA) is 82.2 Å². The summed E-state index contributed by atoms with van der Waals surface area (Å²) in [6, 6.07) is 18.2. The van der Waals surface area contributed by atoms with Crippen LogP contribution in [0, 0.1) is 0 Å². The molecule has 1 aliphatic carbocycles. The maximum atomic E-state index is 6.26. The van der Waals surface area contributed by atoms with Crippen molar-refractivity contribution < 1.29 is 4.74 Å². The maximum Gasteiger partial charge on any atom is 0.228 e. The van der Waals surface area contributed by atoms with Gasteiger partial charge in [-0.1, -0.05) is 44.2 Å². The molecule has 3 heterocycles. The Balaban J connectivity index is 1.36. The first kappa shape index (κ1) is 23.2. The van der Waals surface area contributed by atoms with E-state index in [1.54, 1.807) is 10.7 Å². The Hall–Kier alpha value is -4.20. The highest BCUT2D eigenvalue weighted by Gasteiger charge is 2.19. The number of nitrogens with one attached hydrogen (secondary N) is 1. The van der Waals surface area contributed by atoms with Gasteiger partial charge in [0.2, 0.25) is 5.95 Å². The van der Waals surface area contributed by atoms with E-state index in [-0.39, 0.29) is 5.92 Å². The molecule has 1 aliphatic rings. The van der Waals surface area contributed by atoms with Gasteiger partial charge < -0.3 is 10.1 Å². The van der Waals surface area contributed by atoms with Gasteiger partial charge in [0.05, 0.1) is 18.0 Å². The molecule has 1 fully saturated rings. The Morgan fingerprint density at radius 1 is 1.00 bits per heavy atom. The van der Waals surface area contributed by atoms with E-state index in [9.17, 15) is 0 Å². The van der Waals surface area contributed by atoms with Crippen LogP contribution < -0.4 is 10.1 Å². The first-order valence-corrected chi connectivity index (χ1v) is 13.0. The van der Waals surface area contributed by atoms with Gasteiger partial charge in [-0.3, -0.25) is 0 Å². The Morgan fingerprint density at radius 3 is 2.68 bits per heavy atom. The first-order chi connectivity index (χ1) is 18.2. The number of para-hydroxylation sites is 1. The second-order valence-electron chi connectivity index (χ2n) is 9.85. The van der Waals surface area contributed by atoms with E-state index >= 15 is 0 Å². The number of rotatable bonds is 8. The summed E-state index contributed by atoms with van der Waals surface area (Å²) in [4.78, 5) is 9.88. The van der Waals surface area contributed by atoms with Crippen LogP contribution in [0.3, 0.4) is 0 Å². The Labute approximate surface area is 216 Å². The number of aromatic nitrogens is 6. The minimum atomic E-state index is 0.283. The van der Waals surface area contributed by atoms with Crippen molar-refractivity contribution in [2.45, 2.75) is 58.1 Å². The molecule has 0 spiro atoms. The largest absolute Gasteiger partial charge is 0.490 e. The lowest BCUT2D eigenvalue weighted by Gasteiger charge is -2.15. The number of nitrogens with zero attached hydrogens (tertiary/aromatic N) is 6. The molecule has 0 bridgehead atoms. The zero-order valence-corrected chi connectivity index (χ0v) is 21.2. The molecule has 0 amide bonds. The average Bonchev–Trinajstić information content (AvgIpc) is 3.70. The molecule has 0 saturated heterocycles. The van der Waals surface area contributed by atoms with Gasteiger partial charge in [0.25, 0.3) is 0 Å². The van der Waals surface area contributed by atoms with E-state index in [4.69, 9.17) is 14.7 Å². The number of benzene rings is 2. The van der Waals surface area contributed by atoms with Crippen molar-refractivity contribution in [3.05, 3.63) is 84.3 Å². The summed E-state index contributed by atoms with van der Waals surface area (Å²) in [5, 5.41) is 12.6. The summed E-state index contributed by atoms with van der Waals surface area (Å²) in [5.41, 5.74) is 4.94. The van der Waals surface area contributed by atoms with Crippen LogP contribution in [0.25, 0.3) is 22.7 Å². The van der Waals surface area contributed by atoms with Crippen molar-refractivity contribution in [1.29, 1.82) is 0 Å². The molecule has 5 aromatic rings. The third-order valence-electron chi connectivity index (χ3n) is 6.89. The Morgan fingerprint density at radius 2 is 1.86 bits per heavy atom. The van der Waals surface area contributed by atoms with Gasteiger partial charge >= 0.3 is 0 Å². The lowest BCUT2D eigenvalue weighted by Crippen LogP contribution is -2.12. The van der Waals surface area contributed by atoms with Gasteiger partial charge in [0.15, 0.2) is 11.5 Å². The van der Waals surface area contributed by atoms with Crippen LogP contribution in [0.15, 0.2) is 73.2 Å². The van der Waals surface area contributed by atoms with Crippen LogP contribution in [0.5, 0.6) is 5.75 Å². The number of ether oxygens (including phenoxy) is 1. The summed E-state index contributed by atoms with van der Waals surface area (Å²) in [6.45, 7) is 4.87. The predicted molar refractivity (Wildman–Crippen MR) is 144 cm³/mol. The summed E-state index contributed by atoms with van der Waals surface area (Å²) in [6.07, 6.45) is 10.6. The van der Waals surface area contributed by atoms with Gasteiger partial charge in [0.1, 0.15) is 5.75 Å². The highest BCUT2D eigenvalue weighted by Crippen LogP contribution is 2.29. The zero-order chi connectivity index (χ0) is 25.2. The molecule has 3 aromatic heterocycles. The normalized spacial score (nSPS) is 14.0.